The Hall–Kier alpha value is -1.05. The molecular formula is C15H22O2. The molecule has 17 heavy (non-hydrogen) atoms. The molecule has 0 bridgehead atoms. The molecular weight excluding hydrogens is 212 g/mol. The molecule has 0 atom stereocenters. The summed E-state index contributed by atoms with van der Waals surface area (Å²) in [6, 6.07) is 0. The van der Waals surface area contributed by atoms with Crippen molar-refractivity contribution in [3.8, 4) is 0 Å². The topological polar surface area (TPSA) is 26.3 Å². The van der Waals surface area contributed by atoms with Crippen LogP contribution in [0.3, 0.4) is 0 Å². The molecule has 0 aromatic heterocycles. The summed E-state index contributed by atoms with van der Waals surface area (Å²) in [5, 5.41) is 0. The molecule has 0 saturated heterocycles. The van der Waals surface area contributed by atoms with Gasteiger partial charge in [0.05, 0.1) is 12.2 Å². The van der Waals surface area contributed by atoms with Crippen molar-refractivity contribution in [2.45, 2.75) is 58.8 Å². The van der Waals surface area contributed by atoms with E-state index in [4.69, 9.17) is 4.74 Å². The highest BCUT2D eigenvalue weighted by Gasteiger charge is 2.27. The molecule has 94 valence electrons. The van der Waals surface area contributed by atoms with Crippen LogP contribution < -0.4 is 0 Å². The van der Waals surface area contributed by atoms with E-state index in [-0.39, 0.29) is 5.97 Å². The third-order valence-electron chi connectivity index (χ3n) is 3.77. The second-order valence-corrected chi connectivity index (χ2v) is 5.05. The quantitative estimate of drug-likeness (QED) is 0.677. The van der Waals surface area contributed by atoms with E-state index in [1.165, 1.54) is 48.8 Å². The van der Waals surface area contributed by atoms with Crippen LogP contribution in [0.15, 0.2) is 22.3 Å². The summed E-state index contributed by atoms with van der Waals surface area (Å²) in [5.41, 5.74) is 4.95. The zero-order chi connectivity index (χ0) is 12.3. The lowest BCUT2D eigenvalue weighted by Crippen LogP contribution is -2.10. The van der Waals surface area contributed by atoms with Gasteiger partial charge in [-0.15, -0.1) is 0 Å². The van der Waals surface area contributed by atoms with E-state index in [1.54, 1.807) is 0 Å². The molecule has 0 radical (unpaired) electrons. The normalized spacial score (nSPS) is 21.1. The number of carbonyl (C=O) groups excluding carboxylic acids is 1. The van der Waals surface area contributed by atoms with Gasteiger partial charge in [0.1, 0.15) is 0 Å². The first kappa shape index (κ1) is 12.4. The first-order valence-corrected chi connectivity index (χ1v) is 6.82. The van der Waals surface area contributed by atoms with Crippen molar-refractivity contribution in [1.29, 1.82) is 0 Å². The Labute approximate surface area is 104 Å². The summed E-state index contributed by atoms with van der Waals surface area (Å²) in [6.45, 7) is 4.42. The van der Waals surface area contributed by atoms with Crippen LogP contribution in [-0.2, 0) is 9.53 Å². The van der Waals surface area contributed by atoms with E-state index in [1.807, 2.05) is 6.92 Å². The van der Waals surface area contributed by atoms with Crippen LogP contribution in [0, 0.1) is 0 Å². The minimum atomic E-state index is -0.101. The first-order valence-electron chi connectivity index (χ1n) is 6.82. The summed E-state index contributed by atoms with van der Waals surface area (Å²) in [7, 11) is 0. The Kier molecular flexibility index (Phi) is 4.03. The molecule has 0 N–H and O–H groups in total. The largest absolute Gasteiger partial charge is 0.462 e. The van der Waals surface area contributed by atoms with E-state index < -0.39 is 0 Å². The van der Waals surface area contributed by atoms with Crippen molar-refractivity contribution in [1.82, 2.24) is 0 Å². The second kappa shape index (κ2) is 5.52. The predicted molar refractivity (Wildman–Crippen MR) is 68.7 cm³/mol. The van der Waals surface area contributed by atoms with Gasteiger partial charge in [-0.3, -0.25) is 0 Å². The SMILES string of the molecule is CCOC(=O)C1=C(C)CC2=C1CCCCCC2. The molecule has 2 aliphatic rings. The number of esters is 1. The van der Waals surface area contributed by atoms with E-state index in [2.05, 4.69) is 6.92 Å². The summed E-state index contributed by atoms with van der Waals surface area (Å²) < 4.78 is 5.19. The Morgan fingerprint density at radius 2 is 1.88 bits per heavy atom. The van der Waals surface area contributed by atoms with Crippen LogP contribution >= 0.6 is 0 Å². The Balaban J connectivity index is 2.23. The lowest BCUT2D eigenvalue weighted by atomic mass is 9.92. The maximum atomic E-state index is 12.0. The van der Waals surface area contributed by atoms with Gasteiger partial charge in [-0.25, -0.2) is 4.79 Å². The van der Waals surface area contributed by atoms with Crippen molar-refractivity contribution < 1.29 is 9.53 Å². The van der Waals surface area contributed by atoms with Gasteiger partial charge in [0.25, 0.3) is 0 Å². The van der Waals surface area contributed by atoms with Crippen molar-refractivity contribution in [2.24, 2.45) is 0 Å². The van der Waals surface area contributed by atoms with Gasteiger partial charge in [0.15, 0.2) is 0 Å². The smallest absolute Gasteiger partial charge is 0.338 e. The van der Waals surface area contributed by atoms with E-state index in [0.717, 1.165) is 18.4 Å². The molecule has 0 fully saturated rings. The minimum Gasteiger partial charge on any atom is -0.462 e. The van der Waals surface area contributed by atoms with Crippen molar-refractivity contribution in [3.05, 3.63) is 22.3 Å². The molecule has 0 aromatic carbocycles. The Bertz CT molecular complexity index is 374. The molecule has 0 aliphatic heterocycles. The van der Waals surface area contributed by atoms with Gasteiger partial charge >= 0.3 is 5.97 Å². The van der Waals surface area contributed by atoms with E-state index in [0.29, 0.717) is 6.61 Å². The van der Waals surface area contributed by atoms with Crippen molar-refractivity contribution >= 4 is 5.97 Å². The molecule has 0 saturated carbocycles. The molecule has 2 rings (SSSR count). The fourth-order valence-electron chi connectivity index (χ4n) is 2.98. The summed E-state index contributed by atoms with van der Waals surface area (Å²) in [6.07, 6.45) is 8.38. The van der Waals surface area contributed by atoms with Gasteiger partial charge < -0.3 is 4.74 Å². The molecule has 0 aromatic rings. The Morgan fingerprint density at radius 1 is 1.18 bits per heavy atom. The first-order chi connectivity index (χ1) is 8.24. The van der Waals surface area contributed by atoms with Crippen LogP contribution in [0.1, 0.15) is 58.8 Å². The number of hydrogen-bond acceptors (Lipinski definition) is 2. The zero-order valence-corrected chi connectivity index (χ0v) is 11.0. The van der Waals surface area contributed by atoms with Crippen LogP contribution in [0.4, 0.5) is 0 Å². The average Bonchev–Trinajstić information content (AvgIpc) is 2.55. The highest BCUT2D eigenvalue weighted by atomic mass is 16.5. The van der Waals surface area contributed by atoms with Crippen LogP contribution in [0.5, 0.6) is 0 Å². The summed E-state index contributed by atoms with van der Waals surface area (Å²) >= 11 is 0. The van der Waals surface area contributed by atoms with Gasteiger partial charge in [-0.2, -0.15) is 0 Å². The van der Waals surface area contributed by atoms with Gasteiger partial charge in [0.2, 0.25) is 0 Å². The minimum absolute atomic E-state index is 0.101. The molecule has 2 nitrogen and oxygen atoms in total. The molecule has 0 amide bonds. The molecule has 2 heteroatoms. The van der Waals surface area contributed by atoms with E-state index in [9.17, 15) is 4.79 Å². The number of carbonyl (C=O) groups is 1. The lowest BCUT2D eigenvalue weighted by Gasteiger charge is -2.14. The highest BCUT2D eigenvalue weighted by molar-refractivity contribution is 5.95. The summed E-state index contributed by atoms with van der Waals surface area (Å²) in [5.74, 6) is -0.101. The van der Waals surface area contributed by atoms with Gasteiger partial charge in [-0.1, -0.05) is 24.0 Å². The molecule has 2 aliphatic carbocycles. The summed E-state index contributed by atoms with van der Waals surface area (Å²) in [4.78, 5) is 12.0. The van der Waals surface area contributed by atoms with Crippen LogP contribution in [-0.4, -0.2) is 12.6 Å². The predicted octanol–water partition coefficient (Wildman–Crippen LogP) is 3.92. The van der Waals surface area contributed by atoms with Crippen molar-refractivity contribution in [3.63, 3.8) is 0 Å². The maximum absolute atomic E-state index is 12.0. The molecule has 0 spiro atoms. The molecule has 0 heterocycles. The van der Waals surface area contributed by atoms with Gasteiger partial charge in [0, 0.05) is 0 Å². The fourth-order valence-corrected chi connectivity index (χ4v) is 2.98. The zero-order valence-electron chi connectivity index (χ0n) is 11.0. The van der Waals surface area contributed by atoms with E-state index >= 15 is 0 Å². The van der Waals surface area contributed by atoms with Gasteiger partial charge in [-0.05, 0) is 51.5 Å². The van der Waals surface area contributed by atoms with Crippen LogP contribution in [0.2, 0.25) is 0 Å². The average molecular weight is 234 g/mol. The van der Waals surface area contributed by atoms with Crippen LogP contribution in [0.25, 0.3) is 0 Å². The fraction of sp³-hybridized carbons (Fsp3) is 0.667. The van der Waals surface area contributed by atoms with Crippen molar-refractivity contribution in [2.75, 3.05) is 6.61 Å². The maximum Gasteiger partial charge on any atom is 0.338 e. The number of hydrogen-bond donors (Lipinski definition) is 0. The number of allylic oxidation sites excluding steroid dienone is 2. The highest BCUT2D eigenvalue weighted by Crippen LogP contribution is 2.39. The second-order valence-electron chi connectivity index (χ2n) is 5.05. The lowest BCUT2D eigenvalue weighted by molar-refractivity contribution is -0.138. The molecule has 0 unspecified atom stereocenters. The monoisotopic (exact) mass is 234 g/mol. The third kappa shape index (κ3) is 2.62. The Morgan fingerprint density at radius 3 is 2.59 bits per heavy atom. The number of ether oxygens (including phenoxy) is 1. The number of rotatable bonds is 2. The third-order valence-corrected chi connectivity index (χ3v) is 3.77. The standard InChI is InChI=1S/C15H22O2/c1-3-17-15(16)14-11(2)10-12-8-6-4-5-7-9-13(12)14/h3-10H2,1-2H3.